The summed E-state index contributed by atoms with van der Waals surface area (Å²) in [7, 11) is -3.87. The van der Waals surface area contributed by atoms with Crippen LogP contribution in [0.25, 0.3) is 11.1 Å². The van der Waals surface area contributed by atoms with Crippen LogP contribution in [0.2, 0.25) is 0 Å². The monoisotopic (exact) mass is 590 g/mol. The van der Waals surface area contributed by atoms with E-state index in [4.69, 9.17) is 9.84 Å². The van der Waals surface area contributed by atoms with Crippen molar-refractivity contribution in [2.24, 2.45) is 5.92 Å². The van der Waals surface area contributed by atoms with Gasteiger partial charge in [-0.1, -0.05) is 74.5 Å². The summed E-state index contributed by atoms with van der Waals surface area (Å²) >= 11 is 0. The smallest absolute Gasteiger partial charge is 0.268 e. The van der Waals surface area contributed by atoms with Gasteiger partial charge in [0.25, 0.3) is 5.91 Å². The maximum atomic E-state index is 12.8. The number of carbonyl (C=O) groups excluding carboxylic acids is 1. The summed E-state index contributed by atoms with van der Waals surface area (Å²) in [6.07, 6.45) is 0.292. The van der Waals surface area contributed by atoms with Crippen LogP contribution >= 0.6 is 12.4 Å². The van der Waals surface area contributed by atoms with Crippen LogP contribution in [-0.2, 0) is 16.4 Å². The summed E-state index contributed by atoms with van der Waals surface area (Å²) < 4.78 is 32.3. The number of carbonyl (C=O) groups is 1. The Kier molecular flexibility index (Phi) is 13.6. The first-order valence-electron chi connectivity index (χ1n) is 13.1. The van der Waals surface area contributed by atoms with Crippen LogP contribution < -0.4 is 14.8 Å². The van der Waals surface area contributed by atoms with Gasteiger partial charge in [0, 0.05) is 13.2 Å². The Labute approximate surface area is 243 Å². The van der Waals surface area contributed by atoms with Gasteiger partial charge in [-0.2, -0.15) is 0 Å². The minimum absolute atomic E-state index is 0. The van der Waals surface area contributed by atoms with E-state index in [0.717, 1.165) is 35.2 Å². The van der Waals surface area contributed by atoms with Crippen molar-refractivity contribution in [3.8, 4) is 16.9 Å². The van der Waals surface area contributed by atoms with Crippen molar-refractivity contribution in [1.82, 2.24) is 10.0 Å². The Morgan fingerprint density at radius 2 is 1.65 bits per heavy atom. The molecule has 1 amide bonds. The molecule has 0 bridgehead atoms. The van der Waals surface area contributed by atoms with Gasteiger partial charge >= 0.3 is 0 Å². The van der Waals surface area contributed by atoms with E-state index in [1.807, 2.05) is 68.4 Å². The summed E-state index contributed by atoms with van der Waals surface area (Å²) in [6, 6.07) is 22.7. The number of hydrogen-bond acceptors (Lipinski definition) is 7. The Morgan fingerprint density at radius 1 is 0.975 bits per heavy atom. The third-order valence-electron chi connectivity index (χ3n) is 6.02. The molecule has 0 aliphatic carbocycles. The second-order valence-corrected chi connectivity index (χ2v) is 11.7. The van der Waals surface area contributed by atoms with Crippen molar-refractivity contribution in [3.63, 3.8) is 0 Å². The highest BCUT2D eigenvalue weighted by Crippen LogP contribution is 2.28. The van der Waals surface area contributed by atoms with Crippen LogP contribution in [-0.4, -0.2) is 56.6 Å². The molecule has 0 spiro atoms. The first-order chi connectivity index (χ1) is 18.7. The van der Waals surface area contributed by atoms with Crippen molar-refractivity contribution in [2.45, 2.75) is 32.8 Å². The van der Waals surface area contributed by atoms with Crippen molar-refractivity contribution < 1.29 is 28.2 Å². The number of benzene rings is 3. The molecule has 1 atom stereocenters. The summed E-state index contributed by atoms with van der Waals surface area (Å²) in [4.78, 5) is 12.8. The lowest BCUT2D eigenvalue weighted by Gasteiger charge is -2.15. The molecule has 40 heavy (non-hydrogen) atoms. The summed E-state index contributed by atoms with van der Waals surface area (Å²) in [6.45, 7) is 5.26. The molecule has 0 aromatic heterocycles. The van der Waals surface area contributed by atoms with Gasteiger partial charge in [0.05, 0.1) is 24.0 Å². The van der Waals surface area contributed by atoms with Gasteiger partial charge in [0.15, 0.2) is 0 Å². The van der Waals surface area contributed by atoms with Crippen LogP contribution in [0.4, 0.5) is 0 Å². The molecule has 10 heteroatoms. The Hall–Kier alpha value is -2.95. The lowest BCUT2D eigenvalue weighted by atomic mass is 10.0. The fourth-order valence-electron chi connectivity index (χ4n) is 3.90. The Bertz CT molecular complexity index is 1300. The van der Waals surface area contributed by atoms with Crippen molar-refractivity contribution >= 4 is 28.3 Å². The molecule has 3 aromatic rings. The number of aliphatic hydroxyl groups excluding tert-OH is 2. The molecule has 0 saturated carbocycles. The molecule has 0 aliphatic rings. The predicted octanol–water partition coefficient (Wildman–Crippen LogP) is 4.12. The van der Waals surface area contributed by atoms with E-state index in [-0.39, 0.29) is 42.7 Å². The molecule has 8 nitrogen and oxygen atoms in total. The second-order valence-electron chi connectivity index (χ2n) is 9.82. The maximum Gasteiger partial charge on any atom is 0.268 e. The molecule has 0 fully saturated rings. The summed E-state index contributed by atoms with van der Waals surface area (Å²) in [5.74, 6) is -0.593. The zero-order chi connectivity index (χ0) is 28.3. The maximum absolute atomic E-state index is 12.8. The number of halogens is 1. The van der Waals surface area contributed by atoms with Crippen LogP contribution in [0, 0.1) is 5.92 Å². The number of aliphatic hydroxyl groups is 2. The highest BCUT2D eigenvalue weighted by Gasteiger charge is 2.20. The van der Waals surface area contributed by atoms with Gasteiger partial charge < -0.3 is 20.3 Å². The van der Waals surface area contributed by atoms with Crippen molar-refractivity contribution in [3.05, 3.63) is 89.5 Å². The largest absolute Gasteiger partial charge is 0.492 e. The SMILES string of the molecule is CC(C)COc1cc(-c2ccc(CCNC[C@H](O)c3ccccc3)cc2)ccc1C(=O)NS(=O)(=O)CCCO.Cl. The molecule has 0 unspecified atom stereocenters. The zero-order valence-corrected chi connectivity index (χ0v) is 24.5. The lowest BCUT2D eigenvalue weighted by Crippen LogP contribution is -2.33. The van der Waals surface area contributed by atoms with Crippen LogP contribution in [0.3, 0.4) is 0 Å². The molecule has 218 valence electrons. The standard InChI is InChI=1S/C30H38N2O6S.ClH/c1-22(2)21-38-29-19-26(13-14-27(29)30(35)32-39(36,37)18-6-17-33)24-11-9-23(10-12-24)15-16-31-20-28(34)25-7-4-3-5-8-25;/h3-5,7-14,19,22,28,31,33-34H,6,15-18,20-21H2,1-2H3,(H,32,35);1H/t28-;/m0./s1. The molecular weight excluding hydrogens is 552 g/mol. The minimum Gasteiger partial charge on any atom is -0.492 e. The molecule has 4 N–H and O–H groups in total. The average molecular weight is 591 g/mol. The number of nitrogens with one attached hydrogen (secondary N) is 2. The number of ether oxygens (including phenoxy) is 1. The predicted molar refractivity (Wildman–Crippen MR) is 160 cm³/mol. The number of amides is 1. The Morgan fingerprint density at radius 3 is 2.30 bits per heavy atom. The van der Waals surface area contributed by atoms with E-state index < -0.39 is 22.0 Å². The van der Waals surface area contributed by atoms with E-state index in [1.54, 1.807) is 18.2 Å². The molecule has 0 saturated heterocycles. The highest BCUT2D eigenvalue weighted by molar-refractivity contribution is 7.90. The van der Waals surface area contributed by atoms with E-state index in [1.165, 1.54) is 0 Å². The van der Waals surface area contributed by atoms with Gasteiger partial charge in [0.2, 0.25) is 10.0 Å². The third-order valence-corrected chi connectivity index (χ3v) is 7.34. The van der Waals surface area contributed by atoms with Crippen LogP contribution in [0.5, 0.6) is 5.75 Å². The zero-order valence-electron chi connectivity index (χ0n) is 22.9. The molecule has 0 radical (unpaired) electrons. The molecule has 3 aromatic carbocycles. The fraction of sp³-hybridized carbons (Fsp3) is 0.367. The van der Waals surface area contributed by atoms with Gasteiger partial charge in [-0.3, -0.25) is 4.79 Å². The normalized spacial score (nSPS) is 12.0. The topological polar surface area (TPSA) is 125 Å². The summed E-state index contributed by atoms with van der Waals surface area (Å²) in [5.41, 5.74) is 3.93. The van der Waals surface area contributed by atoms with Gasteiger partial charge in [-0.05, 0) is 59.7 Å². The van der Waals surface area contributed by atoms with Crippen molar-refractivity contribution in [2.75, 3.05) is 32.1 Å². The minimum atomic E-state index is -3.87. The third kappa shape index (κ3) is 10.6. The second kappa shape index (κ2) is 16.3. The van der Waals surface area contributed by atoms with Crippen LogP contribution in [0.15, 0.2) is 72.8 Å². The first kappa shape index (κ1) is 33.3. The van der Waals surface area contributed by atoms with Gasteiger partial charge in [-0.25, -0.2) is 13.1 Å². The first-order valence-corrected chi connectivity index (χ1v) is 14.8. The number of sulfonamides is 1. The molecule has 0 heterocycles. The molecule has 3 rings (SSSR count). The Balaban J connectivity index is 0.00000560. The fourth-order valence-corrected chi connectivity index (χ4v) is 4.90. The number of hydrogen-bond donors (Lipinski definition) is 4. The van der Waals surface area contributed by atoms with E-state index >= 15 is 0 Å². The van der Waals surface area contributed by atoms with Crippen molar-refractivity contribution in [1.29, 1.82) is 0 Å². The number of rotatable bonds is 15. The van der Waals surface area contributed by atoms with E-state index in [0.29, 0.717) is 18.9 Å². The molecule has 0 aliphatic heterocycles. The summed E-state index contributed by atoms with van der Waals surface area (Å²) in [5, 5.41) is 22.5. The van der Waals surface area contributed by atoms with Crippen LogP contribution in [0.1, 0.15) is 47.9 Å². The van der Waals surface area contributed by atoms with E-state index in [9.17, 15) is 18.3 Å². The van der Waals surface area contributed by atoms with Gasteiger partial charge in [0.1, 0.15) is 5.75 Å². The highest BCUT2D eigenvalue weighted by atomic mass is 35.5. The lowest BCUT2D eigenvalue weighted by molar-refractivity contribution is 0.0976. The van der Waals surface area contributed by atoms with Gasteiger partial charge in [-0.15, -0.1) is 12.4 Å². The van der Waals surface area contributed by atoms with E-state index in [2.05, 4.69) is 10.0 Å². The quantitative estimate of drug-likeness (QED) is 0.196. The molecular formula is C30H39ClN2O6S. The average Bonchev–Trinajstić information content (AvgIpc) is 2.93.